The summed E-state index contributed by atoms with van der Waals surface area (Å²) >= 11 is 0. The fraction of sp³-hybridized carbons (Fsp3) is 0.630. The first-order chi connectivity index (χ1) is 17.8. The van der Waals surface area contributed by atoms with Gasteiger partial charge in [-0.15, -0.1) is 0 Å². The van der Waals surface area contributed by atoms with Crippen molar-refractivity contribution in [1.82, 2.24) is 25.8 Å². The zero-order chi connectivity index (χ0) is 26.8. The third-order valence-electron chi connectivity index (χ3n) is 6.85. The van der Waals surface area contributed by atoms with Crippen LogP contribution in [0.3, 0.4) is 0 Å². The van der Waals surface area contributed by atoms with E-state index in [0.717, 1.165) is 32.5 Å². The minimum absolute atomic E-state index is 0.161. The molecule has 3 rings (SSSR count). The average Bonchev–Trinajstić information content (AvgIpc) is 3.39. The summed E-state index contributed by atoms with van der Waals surface area (Å²) in [4.78, 5) is 56.1. The first-order valence-electron chi connectivity index (χ1n) is 13.3. The zero-order valence-corrected chi connectivity index (χ0v) is 22.3. The Hall–Kier alpha value is -3.14. The van der Waals surface area contributed by atoms with E-state index >= 15 is 0 Å². The molecule has 0 unspecified atom stereocenters. The highest BCUT2D eigenvalue weighted by atomic mass is 16.5. The lowest BCUT2D eigenvalue weighted by Gasteiger charge is -2.28. The monoisotopic (exact) mass is 515 g/mol. The summed E-state index contributed by atoms with van der Waals surface area (Å²) < 4.78 is 5.82. The van der Waals surface area contributed by atoms with Gasteiger partial charge in [-0.2, -0.15) is 0 Å². The van der Waals surface area contributed by atoms with Crippen LogP contribution >= 0.6 is 0 Å². The van der Waals surface area contributed by atoms with Crippen LogP contribution in [0.1, 0.15) is 56.3 Å². The Labute approximate surface area is 219 Å². The van der Waals surface area contributed by atoms with Crippen molar-refractivity contribution in [3.05, 3.63) is 29.8 Å². The maximum absolute atomic E-state index is 13.1. The van der Waals surface area contributed by atoms with Crippen molar-refractivity contribution in [3.63, 3.8) is 0 Å². The molecule has 1 saturated heterocycles. The highest BCUT2D eigenvalue weighted by Gasteiger charge is 2.31. The third-order valence-corrected chi connectivity index (χ3v) is 6.85. The van der Waals surface area contributed by atoms with Gasteiger partial charge in [0.05, 0.1) is 18.5 Å². The number of rotatable bonds is 7. The van der Waals surface area contributed by atoms with Gasteiger partial charge in [-0.1, -0.05) is 26.0 Å². The van der Waals surface area contributed by atoms with Crippen LogP contribution in [-0.4, -0.2) is 91.9 Å². The van der Waals surface area contributed by atoms with Crippen LogP contribution in [0.5, 0.6) is 5.75 Å². The first-order valence-corrected chi connectivity index (χ1v) is 13.3. The largest absolute Gasteiger partial charge is 0.491 e. The Kier molecular flexibility index (Phi) is 10.7. The van der Waals surface area contributed by atoms with Crippen molar-refractivity contribution in [2.24, 2.45) is 5.92 Å². The van der Waals surface area contributed by atoms with Crippen LogP contribution in [0, 0.1) is 5.92 Å². The molecule has 2 atom stereocenters. The van der Waals surface area contributed by atoms with E-state index in [1.165, 1.54) is 17.7 Å². The minimum Gasteiger partial charge on any atom is -0.491 e. The number of para-hydroxylation sites is 1. The summed E-state index contributed by atoms with van der Waals surface area (Å²) in [6, 6.07) is 4.88. The van der Waals surface area contributed by atoms with Gasteiger partial charge in [0.15, 0.2) is 0 Å². The lowest BCUT2D eigenvalue weighted by Crippen LogP contribution is -2.54. The maximum Gasteiger partial charge on any atom is 0.255 e. The molecule has 0 bridgehead atoms. The van der Waals surface area contributed by atoms with E-state index in [0.29, 0.717) is 12.3 Å². The average molecular weight is 516 g/mol. The van der Waals surface area contributed by atoms with E-state index in [1.807, 2.05) is 13.8 Å². The second-order valence-corrected chi connectivity index (χ2v) is 10.2. The number of ether oxygens (including phenoxy) is 1. The quantitative estimate of drug-likeness (QED) is 0.469. The van der Waals surface area contributed by atoms with Crippen LogP contribution < -0.4 is 20.7 Å². The number of hydrogen-bond acceptors (Lipinski definition) is 6. The van der Waals surface area contributed by atoms with Gasteiger partial charge in [0.25, 0.3) is 5.91 Å². The van der Waals surface area contributed by atoms with Crippen molar-refractivity contribution >= 4 is 23.6 Å². The van der Waals surface area contributed by atoms with Gasteiger partial charge in [0, 0.05) is 13.6 Å². The van der Waals surface area contributed by atoms with E-state index in [9.17, 15) is 19.2 Å². The summed E-state index contributed by atoms with van der Waals surface area (Å²) in [6.45, 7) is 7.89. The van der Waals surface area contributed by atoms with Crippen LogP contribution in [-0.2, 0) is 14.4 Å². The van der Waals surface area contributed by atoms with Crippen LogP contribution in [0.15, 0.2) is 24.3 Å². The summed E-state index contributed by atoms with van der Waals surface area (Å²) in [5.41, 5.74) is 0.261. The summed E-state index contributed by atoms with van der Waals surface area (Å²) in [5.74, 6) is -1.45. The molecule has 10 nitrogen and oxygen atoms in total. The van der Waals surface area contributed by atoms with E-state index < -0.39 is 29.8 Å². The van der Waals surface area contributed by atoms with E-state index in [2.05, 4.69) is 20.9 Å². The Bertz CT molecular complexity index is 947. The van der Waals surface area contributed by atoms with Crippen LogP contribution in [0.4, 0.5) is 0 Å². The molecule has 0 aromatic heterocycles. The number of carbonyl (C=O) groups excluding carboxylic acids is 4. The molecule has 10 heteroatoms. The number of likely N-dealkylation sites (N-methyl/N-ethyl adjacent to an activating group) is 1. The third kappa shape index (κ3) is 8.45. The molecule has 0 aliphatic carbocycles. The molecule has 1 aromatic carbocycles. The number of fused-ring (bicyclic) bond motifs is 1. The highest BCUT2D eigenvalue weighted by molar-refractivity contribution is 6.01. The maximum atomic E-state index is 13.1. The number of benzene rings is 1. The van der Waals surface area contributed by atoms with Crippen LogP contribution in [0.25, 0.3) is 0 Å². The van der Waals surface area contributed by atoms with Crippen molar-refractivity contribution in [1.29, 1.82) is 0 Å². The number of likely N-dealkylation sites (tertiary alicyclic amines) is 1. The van der Waals surface area contributed by atoms with Gasteiger partial charge in [-0.05, 0) is 63.4 Å². The molecule has 2 heterocycles. The molecular weight excluding hydrogens is 474 g/mol. The van der Waals surface area contributed by atoms with Gasteiger partial charge in [0.1, 0.15) is 24.4 Å². The highest BCUT2D eigenvalue weighted by Crippen LogP contribution is 2.19. The second kappa shape index (κ2) is 14.0. The summed E-state index contributed by atoms with van der Waals surface area (Å²) in [7, 11) is 1.65. The van der Waals surface area contributed by atoms with Gasteiger partial charge >= 0.3 is 0 Å². The molecular formula is C27H41N5O5. The number of amides is 4. The number of carbonyl (C=O) groups is 4. The van der Waals surface area contributed by atoms with Gasteiger partial charge in [-0.25, -0.2) is 0 Å². The fourth-order valence-electron chi connectivity index (χ4n) is 4.60. The molecule has 4 amide bonds. The molecule has 2 aliphatic rings. The smallest absolute Gasteiger partial charge is 0.255 e. The molecule has 37 heavy (non-hydrogen) atoms. The van der Waals surface area contributed by atoms with Crippen molar-refractivity contribution in [2.45, 2.75) is 58.0 Å². The van der Waals surface area contributed by atoms with Crippen molar-refractivity contribution in [3.8, 4) is 5.75 Å². The summed E-state index contributed by atoms with van der Waals surface area (Å²) in [5, 5.41) is 8.35. The van der Waals surface area contributed by atoms with Crippen molar-refractivity contribution < 1.29 is 23.9 Å². The standard InChI is InChI=1S/C27H41N5O5/c1-19(2)24-27(36)31(3)16-17-37-22-11-5-4-10-20(22)25(34)29-21(18-23(33)30-24)26(35)28-12-6-7-13-32-14-8-9-15-32/h4-5,10-11,19,21,24H,6-9,12-18H2,1-3H3,(H,28,35)(H,29,34)(H,30,33)/t21-,24+/m0/s1. The number of unbranched alkanes of at least 4 members (excludes halogenated alkanes) is 1. The topological polar surface area (TPSA) is 120 Å². The van der Waals surface area contributed by atoms with Gasteiger partial charge in [0.2, 0.25) is 17.7 Å². The van der Waals surface area contributed by atoms with Gasteiger partial charge in [-0.3, -0.25) is 19.2 Å². The number of hydrogen-bond donors (Lipinski definition) is 3. The van der Waals surface area contributed by atoms with Crippen molar-refractivity contribution in [2.75, 3.05) is 46.4 Å². The molecule has 204 valence electrons. The molecule has 1 fully saturated rings. The molecule has 0 saturated carbocycles. The molecule has 0 spiro atoms. The van der Waals surface area contributed by atoms with Crippen LogP contribution in [0.2, 0.25) is 0 Å². The molecule has 0 radical (unpaired) electrons. The second-order valence-electron chi connectivity index (χ2n) is 10.2. The normalized spacial score (nSPS) is 22.1. The Morgan fingerprint density at radius 2 is 1.81 bits per heavy atom. The summed E-state index contributed by atoms with van der Waals surface area (Å²) in [6.07, 6.45) is 3.98. The van der Waals surface area contributed by atoms with E-state index in [1.54, 1.807) is 31.3 Å². The Balaban J connectivity index is 1.72. The predicted molar refractivity (Wildman–Crippen MR) is 140 cm³/mol. The minimum atomic E-state index is -1.09. The first kappa shape index (κ1) is 28.4. The van der Waals surface area contributed by atoms with Gasteiger partial charge < -0.3 is 30.5 Å². The van der Waals surface area contributed by atoms with E-state index in [4.69, 9.17) is 4.74 Å². The zero-order valence-electron chi connectivity index (χ0n) is 22.3. The molecule has 1 aromatic rings. The lowest BCUT2D eigenvalue weighted by molar-refractivity contribution is -0.137. The number of nitrogens with one attached hydrogen (secondary N) is 3. The SMILES string of the molecule is CC(C)[C@H]1NC(=O)C[C@@H](C(=O)NCCCCN2CCCC2)NC(=O)c2ccccc2OCCN(C)C1=O. The lowest BCUT2D eigenvalue weighted by atomic mass is 10.0. The Morgan fingerprint density at radius 3 is 2.54 bits per heavy atom. The fourth-order valence-corrected chi connectivity index (χ4v) is 4.60. The van der Waals surface area contributed by atoms with E-state index in [-0.39, 0.29) is 37.0 Å². The molecule has 2 aliphatic heterocycles. The predicted octanol–water partition coefficient (Wildman–Crippen LogP) is 1.16. The Morgan fingerprint density at radius 1 is 1.08 bits per heavy atom. The number of nitrogens with zero attached hydrogens (tertiary/aromatic N) is 2. The molecule has 3 N–H and O–H groups in total.